The van der Waals surface area contributed by atoms with Crippen LogP contribution in [-0.2, 0) is 4.79 Å². The number of benzene rings is 2. The highest BCUT2D eigenvalue weighted by atomic mass is 32.2. The van der Waals surface area contributed by atoms with Gasteiger partial charge in [0.1, 0.15) is 5.75 Å². The second kappa shape index (κ2) is 10.8. The molecule has 2 heterocycles. The van der Waals surface area contributed by atoms with Gasteiger partial charge in [-0.25, -0.2) is 0 Å². The first-order valence-corrected chi connectivity index (χ1v) is 12.4. The summed E-state index contributed by atoms with van der Waals surface area (Å²) < 4.78 is 5.99. The molecule has 178 valence electrons. The van der Waals surface area contributed by atoms with Crippen LogP contribution < -0.4 is 15.0 Å². The molecule has 1 aliphatic heterocycles. The molecule has 0 fully saturated rings. The molecular weight excluding hydrogens is 446 g/mol. The summed E-state index contributed by atoms with van der Waals surface area (Å²) >= 11 is 1.94. The van der Waals surface area contributed by atoms with Gasteiger partial charge in [-0.2, -0.15) is 4.98 Å². The van der Waals surface area contributed by atoms with Gasteiger partial charge >= 0.3 is 0 Å². The fraction of sp³-hybridized carbons (Fsp3) is 0.346. The summed E-state index contributed by atoms with van der Waals surface area (Å²) in [6, 6.07) is 16.9. The second-order valence-electron chi connectivity index (χ2n) is 8.43. The predicted molar refractivity (Wildman–Crippen MR) is 138 cm³/mol. The predicted octanol–water partition coefficient (Wildman–Crippen LogP) is 5.22. The van der Waals surface area contributed by atoms with Gasteiger partial charge in [0.25, 0.3) is 0 Å². The Balaban J connectivity index is 1.42. The number of hydrogen-bond acceptors (Lipinski definition) is 7. The molecule has 1 aromatic heterocycles. The molecule has 7 nitrogen and oxygen atoms in total. The lowest BCUT2D eigenvalue weighted by Crippen LogP contribution is -2.33. The van der Waals surface area contributed by atoms with Crippen molar-refractivity contribution in [1.29, 1.82) is 0 Å². The Kier molecular flexibility index (Phi) is 7.57. The largest absolute Gasteiger partial charge is 0.437 e. The van der Waals surface area contributed by atoms with E-state index in [2.05, 4.69) is 58.6 Å². The van der Waals surface area contributed by atoms with Gasteiger partial charge < -0.3 is 19.9 Å². The first kappa shape index (κ1) is 23.9. The van der Waals surface area contributed by atoms with Crippen LogP contribution in [0.15, 0.2) is 65.8 Å². The zero-order valence-electron chi connectivity index (χ0n) is 20.1. The van der Waals surface area contributed by atoms with Crippen LogP contribution in [0.2, 0.25) is 0 Å². The van der Waals surface area contributed by atoms with Crippen molar-refractivity contribution in [2.24, 2.45) is 0 Å². The van der Waals surface area contributed by atoms with E-state index in [4.69, 9.17) is 4.74 Å². The normalized spacial score (nSPS) is 16.8. The molecule has 0 saturated carbocycles. The maximum absolute atomic E-state index is 11.4. The monoisotopic (exact) mass is 477 g/mol. The molecule has 2 aromatic carbocycles. The van der Waals surface area contributed by atoms with Crippen molar-refractivity contribution < 1.29 is 9.53 Å². The molecular formula is C26H31N5O2S. The quantitative estimate of drug-likeness (QED) is 0.477. The lowest BCUT2D eigenvalue weighted by atomic mass is 10.0. The van der Waals surface area contributed by atoms with Crippen LogP contribution >= 0.6 is 11.8 Å². The van der Waals surface area contributed by atoms with Gasteiger partial charge in [-0.3, -0.25) is 9.78 Å². The van der Waals surface area contributed by atoms with Crippen LogP contribution in [-0.4, -0.2) is 53.2 Å². The summed E-state index contributed by atoms with van der Waals surface area (Å²) in [5.74, 6) is 1.88. The highest BCUT2D eigenvalue weighted by molar-refractivity contribution is 8.00. The van der Waals surface area contributed by atoms with Gasteiger partial charge in [-0.05, 0) is 36.2 Å². The molecule has 34 heavy (non-hydrogen) atoms. The van der Waals surface area contributed by atoms with Gasteiger partial charge in [-0.1, -0.05) is 31.2 Å². The number of nitrogens with zero attached hydrogens (tertiary/aromatic N) is 4. The lowest BCUT2D eigenvalue weighted by molar-refractivity contribution is -0.127. The van der Waals surface area contributed by atoms with Crippen molar-refractivity contribution >= 4 is 29.2 Å². The minimum Gasteiger partial charge on any atom is -0.437 e. The summed E-state index contributed by atoms with van der Waals surface area (Å²) in [4.78, 5) is 25.2. The molecule has 1 aliphatic rings. The second-order valence-corrected chi connectivity index (χ2v) is 9.71. The lowest BCUT2D eigenvalue weighted by Gasteiger charge is -2.34. The summed E-state index contributed by atoms with van der Waals surface area (Å²) in [6.45, 7) is 5.05. The van der Waals surface area contributed by atoms with Gasteiger partial charge in [0.2, 0.25) is 11.8 Å². The highest BCUT2D eigenvalue weighted by Crippen LogP contribution is 2.44. The number of para-hydroxylation sites is 1. The van der Waals surface area contributed by atoms with E-state index in [9.17, 15) is 4.79 Å². The highest BCUT2D eigenvalue weighted by Gasteiger charge is 2.28. The molecule has 0 saturated heterocycles. The molecule has 3 aromatic rings. The van der Waals surface area contributed by atoms with Crippen molar-refractivity contribution in [3.8, 4) is 11.6 Å². The molecule has 8 heteroatoms. The fourth-order valence-corrected chi connectivity index (χ4v) is 5.07. The minimum absolute atomic E-state index is 0.0384. The molecule has 0 radical (unpaired) electrons. The number of rotatable bonds is 8. The van der Waals surface area contributed by atoms with Gasteiger partial charge in [-0.15, -0.1) is 11.8 Å². The Morgan fingerprint density at radius 1 is 1.09 bits per heavy atom. The van der Waals surface area contributed by atoms with Crippen LogP contribution in [0.1, 0.15) is 31.9 Å². The number of thioether (sulfide) groups is 1. The van der Waals surface area contributed by atoms with Gasteiger partial charge in [0.15, 0.2) is 5.82 Å². The van der Waals surface area contributed by atoms with Crippen LogP contribution in [0.25, 0.3) is 0 Å². The summed E-state index contributed by atoms with van der Waals surface area (Å²) in [5, 5.41) is 4.18. The zero-order chi connectivity index (χ0) is 24.1. The molecule has 4 rings (SSSR count). The number of aromatic nitrogens is 2. The number of likely N-dealkylation sites (N-methyl/N-ethyl adjacent to an activating group) is 2. The van der Waals surface area contributed by atoms with Crippen LogP contribution in [0.3, 0.4) is 0 Å². The Labute approximate surface area is 205 Å². The molecule has 2 unspecified atom stereocenters. The standard InChI is InChI=1S/C26H31N5O2S/c1-5-22-26(28-21-8-6-7-9-23(21)34-22)19-10-12-20(13-11-19)33-25-17-27-16-24(29-25)31(4)15-14-30(3)18(2)32/h6-13,16-17,22,26,28H,5,14-15H2,1-4H3. The smallest absolute Gasteiger partial charge is 0.239 e. The van der Waals surface area contributed by atoms with Crippen molar-refractivity contribution in [3.63, 3.8) is 0 Å². The third-order valence-electron chi connectivity index (χ3n) is 6.01. The van der Waals surface area contributed by atoms with Crippen molar-refractivity contribution in [2.45, 2.75) is 36.5 Å². The van der Waals surface area contributed by atoms with Crippen molar-refractivity contribution in [3.05, 3.63) is 66.5 Å². The van der Waals surface area contributed by atoms with Crippen molar-refractivity contribution in [2.75, 3.05) is 37.4 Å². The summed E-state index contributed by atoms with van der Waals surface area (Å²) in [6.07, 6.45) is 4.38. The topological polar surface area (TPSA) is 70.6 Å². The van der Waals surface area contributed by atoms with E-state index >= 15 is 0 Å². The summed E-state index contributed by atoms with van der Waals surface area (Å²) in [5.41, 5.74) is 2.42. The van der Waals surface area contributed by atoms with Crippen LogP contribution in [0.5, 0.6) is 11.6 Å². The Morgan fingerprint density at radius 2 is 1.85 bits per heavy atom. The Hall–Kier alpha value is -3.26. The third kappa shape index (κ3) is 5.62. The molecule has 0 spiro atoms. The average molecular weight is 478 g/mol. The van der Waals surface area contributed by atoms with E-state index in [-0.39, 0.29) is 11.9 Å². The Bertz CT molecular complexity index is 1120. The van der Waals surface area contributed by atoms with E-state index in [1.165, 1.54) is 16.1 Å². The number of hydrogen-bond donors (Lipinski definition) is 1. The van der Waals surface area contributed by atoms with E-state index in [0.29, 0.717) is 35.8 Å². The average Bonchev–Trinajstić information content (AvgIpc) is 2.86. The van der Waals surface area contributed by atoms with Crippen molar-refractivity contribution in [1.82, 2.24) is 14.9 Å². The molecule has 1 N–H and O–H groups in total. The number of anilines is 2. The molecule has 1 amide bonds. The molecule has 2 atom stereocenters. The fourth-order valence-electron chi connectivity index (χ4n) is 3.80. The zero-order valence-corrected chi connectivity index (χ0v) is 20.9. The Morgan fingerprint density at radius 3 is 2.59 bits per heavy atom. The van der Waals surface area contributed by atoms with Crippen LogP contribution in [0.4, 0.5) is 11.5 Å². The molecule has 0 bridgehead atoms. The van der Waals surface area contributed by atoms with E-state index < -0.39 is 0 Å². The number of carbonyl (C=O) groups excluding carboxylic acids is 1. The summed E-state index contributed by atoms with van der Waals surface area (Å²) in [7, 11) is 3.71. The number of nitrogens with one attached hydrogen (secondary N) is 1. The number of amides is 1. The number of fused-ring (bicyclic) bond motifs is 1. The van der Waals surface area contributed by atoms with Crippen LogP contribution in [0, 0.1) is 0 Å². The first-order chi connectivity index (χ1) is 16.4. The third-order valence-corrected chi connectivity index (χ3v) is 7.53. The maximum atomic E-state index is 11.4. The van der Waals surface area contributed by atoms with Gasteiger partial charge in [0.05, 0.1) is 18.4 Å². The van der Waals surface area contributed by atoms with E-state index in [1.807, 2.05) is 35.8 Å². The maximum Gasteiger partial charge on any atom is 0.239 e. The molecule has 0 aliphatic carbocycles. The van der Waals surface area contributed by atoms with E-state index in [1.54, 1.807) is 31.3 Å². The van der Waals surface area contributed by atoms with E-state index in [0.717, 1.165) is 6.42 Å². The van der Waals surface area contributed by atoms with Gasteiger partial charge in [0, 0.05) is 49.9 Å². The minimum atomic E-state index is 0.0384. The number of carbonyl (C=O) groups is 1. The number of ether oxygens (including phenoxy) is 1. The first-order valence-electron chi connectivity index (χ1n) is 11.5. The SMILES string of the molecule is CCC1Sc2ccccc2NC1c1ccc(Oc2cncc(N(C)CCN(C)C(C)=O)n2)cc1.